The van der Waals surface area contributed by atoms with E-state index in [4.69, 9.17) is 4.98 Å². The molecule has 2 aromatic heterocycles. The van der Waals surface area contributed by atoms with Gasteiger partial charge in [-0.2, -0.15) is 5.10 Å². The maximum Gasteiger partial charge on any atom is 0.270 e. The van der Waals surface area contributed by atoms with Crippen LogP contribution in [0.5, 0.6) is 0 Å². The summed E-state index contributed by atoms with van der Waals surface area (Å²) in [5, 5.41) is 17.0. The molecular formula is C20H28N6O2. The highest BCUT2D eigenvalue weighted by Gasteiger charge is 2.35. The molecule has 1 fully saturated rings. The van der Waals surface area contributed by atoms with Gasteiger partial charge >= 0.3 is 0 Å². The van der Waals surface area contributed by atoms with Crippen LogP contribution in [-0.4, -0.2) is 50.0 Å². The first-order valence-electron chi connectivity index (χ1n) is 9.90. The molecule has 3 heterocycles. The molecule has 1 amide bonds. The molecule has 2 N–H and O–H groups in total. The largest absolute Gasteiger partial charge is 0.393 e. The number of aromatic nitrogens is 4. The Morgan fingerprint density at radius 2 is 2.07 bits per heavy atom. The maximum absolute atomic E-state index is 12.7. The van der Waals surface area contributed by atoms with Gasteiger partial charge in [0.25, 0.3) is 5.91 Å². The Morgan fingerprint density at radius 1 is 1.32 bits per heavy atom. The quantitative estimate of drug-likeness (QED) is 0.835. The van der Waals surface area contributed by atoms with Crippen molar-refractivity contribution in [3.63, 3.8) is 0 Å². The minimum absolute atomic E-state index is 0.0289. The number of nitrogens with one attached hydrogen (secondary N) is 1. The van der Waals surface area contributed by atoms with Gasteiger partial charge in [-0.1, -0.05) is 13.8 Å². The highest BCUT2D eigenvalue weighted by molar-refractivity contribution is 5.92. The van der Waals surface area contributed by atoms with E-state index in [2.05, 4.69) is 34.1 Å². The molecule has 1 aliphatic heterocycles. The van der Waals surface area contributed by atoms with E-state index >= 15 is 0 Å². The molecule has 8 heteroatoms. The lowest BCUT2D eigenvalue weighted by molar-refractivity contribution is 0.0909. The fourth-order valence-electron chi connectivity index (χ4n) is 4.21. The molecule has 4 rings (SSSR count). The molecule has 1 saturated heterocycles. The average molecular weight is 384 g/mol. The Hall–Kier alpha value is -2.48. The van der Waals surface area contributed by atoms with Crippen LogP contribution < -0.4 is 10.2 Å². The molecule has 0 unspecified atom stereocenters. The highest BCUT2D eigenvalue weighted by atomic mass is 16.3. The number of aryl methyl sites for hydroxylation is 1. The van der Waals surface area contributed by atoms with Gasteiger partial charge < -0.3 is 15.3 Å². The summed E-state index contributed by atoms with van der Waals surface area (Å²) in [7, 11) is 1.76. The first-order chi connectivity index (χ1) is 13.3. The summed E-state index contributed by atoms with van der Waals surface area (Å²) in [6.07, 6.45) is 6.45. The molecule has 0 bridgehead atoms. The van der Waals surface area contributed by atoms with E-state index in [0.717, 1.165) is 56.0 Å². The standard InChI is InChI=1S/C20H28N6O2/c1-20(2)10-15(23-18(28)17-4-7-22-25(17)3)14-12-21-19(24-16(14)11-20)26-8-5-13(27)6-9-26/h4,7,12-13,15,27H,5-6,8-11H2,1-3H3,(H,23,28)/t15-/m1/s1. The number of aliphatic hydroxyl groups is 1. The number of rotatable bonds is 3. The zero-order valence-corrected chi connectivity index (χ0v) is 16.7. The minimum atomic E-state index is -0.223. The molecule has 0 radical (unpaired) electrons. The van der Waals surface area contributed by atoms with Crippen LogP contribution in [0.4, 0.5) is 5.95 Å². The van der Waals surface area contributed by atoms with Gasteiger partial charge in [0.1, 0.15) is 5.69 Å². The number of nitrogens with zero attached hydrogens (tertiary/aromatic N) is 5. The number of piperidine rings is 1. The van der Waals surface area contributed by atoms with Crippen molar-refractivity contribution < 1.29 is 9.90 Å². The molecule has 150 valence electrons. The minimum Gasteiger partial charge on any atom is -0.393 e. The number of anilines is 1. The van der Waals surface area contributed by atoms with Crippen molar-refractivity contribution in [3.05, 3.63) is 35.4 Å². The van der Waals surface area contributed by atoms with Gasteiger partial charge in [0.05, 0.1) is 17.8 Å². The van der Waals surface area contributed by atoms with Gasteiger partial charge in [0.15, 0.2) is 0 Å². The zero-order chi connectivity index (χ0) is 19.9. The zero-order valence-electron chi connectivity index (χ0n) is 16.7. The van der Waals surface area contributed by atoms with E-state index in [9.17, 15) is 9.90 Å². The van der Waals surface area contributed by atoms with Crippen LogP contribution in [0.25, 0.3) is 0 Å². The van der Waals surface area contributed by atoms with E-state index in [1.165, 1.54) is 0 Å². The summed E-state index contributed by atoms with van der Waals surface area (Å²) in [5.74, 6) is 0.586. The lowest BCUT2D eigenvalue weighted by Gasteiger charge is -2.37. The van der Waals surface area contributed by atoms with Crippen molar-refractivity contribution in [2.24, 2.45) is 12.5 Å². The summed E-state index contributed by atoms with van der Waals surface area (Å²) in [6, 6.07) is 1.59. The third-order valence-electron chi connectivity index (χ3n) is 5.77. The number of amides is 1. The fourth-order valence-corrected chi connectivity index (χ4v) is 4.21. The van der Waals surface area contributed by atoms with Gasteiger partial charge in [-0.15, -0.1) is 0 Å². The lowest BCUT2D eigenvalue weighted by atomic mass is 9.74. The molecule has 0 aromatic carbocycles. The van der Waals surface area contributed by atoms with Crippen molar-refractivity contribution in [1.82, 2.24) is 25.1 Å². The second kappa shape index (κ2) is 7.16. The van der Waals surface area contributed by atoms with Crippen LogP contribution >= 0.6 is 0 Å². The predicted molar refractivity (Wildman–Crippen MR) is 105 cm³/mol. The molecular weight excluding hydrogens is 356 g/mol. The molecule has 2 aromatic rings. The van der Waals surface area contributed by atoms with E-state index in [-0.39, 0.29) is 23.5 Å². The predicted octanol–water partition coefficient (Wildman–Crippen LogP) is 1.61. The maximum atomic E-state index is 12.7. The Labute approximate surface area is 165 Å². The Balaban J connectivity index is 1.59. The summed E-state index contributed by atoms with van der Waals surface area (Å²) in [6.45, 7) is 5.95. The summed E-state index contributed by atoms with van der Waals surface area (Å²) in [4.78, 5) is 24.3. The second-order valence-corrected chi connectivity index (χ2v) is 8.70. The van der Waals surface area contributed by atoms with Crippen molar-refractivity contribution in [1.29, 1.82) is 0 Å². The Morgan fingerprint density at radius 3 is 2.75 bits per heavy atom. The molecule has 8 nitrogen and oxygen atoms in total. The van der Waals surface area contributed by atoms with Crippen LogP contribution in [0, 0.1) is 5.41 Å². The number of carbonyl (C=O) groups is 1. The van der Waals surface area contributed by atoms with Crippen LogP contribution in [0.1, 0.15) is 60.9 Å². The van der Waals surface area contributed by atoms with Gasteiger partial charge in [-0.05, 0) is 37.2 Å². The molecule has 0 saturated carbocycles. The van der Waals surface area contributed by atoms with Crippen LogP contribution in [0.15, 0.2) is 18.5 Å². The molecule has 28 heavy (non-hydrogen) atoms. The highest BCUT2D eigenvalue weighted by Crippen LogP contribution is 2.40. The smallest absolute Gasteiger partial charge is 0.270 e. The SMILES string of the molecule is Cn1nccc1C(=O)N[C@@H]1CC(C)(C)Cc2nc(N3CCC(O)CC3)ncc21. The Kier molecular flexibility index (Phi) is 4.82. The number of fused-ring (bicyclic) bond motifs is 1. The first kappa shape index (κ1) is 18.9. The van der Waals surface area contributed by atoms with E-state index < -0.39 is 0 Å². The van der Waals surface area contributed by atoms with E-state index in [1.807, 2.05) is 6.20 Å². The van der Waals surface area contributed by atoms with Crippen LogP contribution in [0.3, 0.4) is 0 Å². The molecule has 1 atom stereocenters. The van der Waals surface area contributed by atoms with Crippen LogP contribution in [0.2, 0.25) is 0 Å². The monoisotopic (exact) mass is 384 g/mol. The van der Waals surface area contributed by atoms with E-state index in [1.54, 1.807) is 24.0 Å². The number of hydrogen-bond acceptors (Lipinski definition) is 6. The van der Waals surface area contributed by atoms with Crippen molar-refractivity contribution >= 4 is 11.9 Å². The Bertz CT molecular complexity index is 869. The van der Waals surface area contributed by atoms with Crippen molar-refractivity contribution in [2.45, 2.75) is 51.7 Å². The normalized spacial score (nSPS) is 22.0. The third-order valence-corrected chi connectivity index (χ3v) is 5.77. The van der Waals surface area contributed by atoms with Crippen molar-refractivity contribution in [3.8, 4) is 0 Å². The van der Waals surface area contributed by atoms with Gasteiger partial charge in [-0.25, -0.2) is 9.97 Å². The topological polar surface area (TPSA) is 96.2 Å². The number of aliphatic hydroxyl groups excluding tert-OH is 1. The first-order valence-corrected chi connectivity index (χ1v) is 9.90. The second-order valence-electron chi connectivity index (χ2n) is 8.70. The summed E-state index contributed by atoms with van der Waals surface area (Å²) >= 11 is 0. The number of carbonyl (C=O) groups excluding carboxylic acids is 1. The van der Waals surface area contributed by atoms with E-state index in [0.29, 0.717) is 5.69 Å². The fraction of sp³-hybridized carbons (Fsp3) is 0.600. The lowest BCUT2D eigenvalue weighted by Crippen LogP contribution is -2.39. The summed E-state index contributed by atoms with van der Waals surface area (Å²) in [5.41, 5.74) is 2.56. The molecule has 2 aliphatic rings. The molecule has 0 spiro atoms. The van der Waals surface area contributed by atoms with Crippen molar-refractivity contribution in [2.75, 3.05) is 18.0 Å². The third kappa shape index (κ3) is 3.73. The summed E-state index contributed by atoms with van der Waals surface area (Å²) < 4.78 is 1.58. The van der Waals surface area contributed by atoms with Gasteiger partial charge in [0.2, 0.25) is 5.95 Å². The number of hydrogen-bond donors (Lipinski definition) is 2. The molecule has 1 aliphatic carbocycles. The average Bonchev–Trinajstić information content (AvgIpc) is 3.07. The van der Waals surface area contributed by atoms with Gasteiger partial charge in [0, 0.05) is 38.1 Å². The van der Waals surface area contributed by atoms with Crippen LogP contribution in [-0.2, 0) is 13.5 Å². The van der Waals surface area contributed by atoms with Gasteiger partial charge in [-0.3, -0.25) is 9.48 Å².